The molecule has 6 nitrogen and oxygen atoms in total. The van der Waals surface area contributed by atoms with Crippen LogP contribution in [0, 0.1) is 0 Å². The molecule has 0 bridgehead atoms. The van der Waals surface area contributed by atoms with Gasteiger partial charge in [-0.1, -0.05) is 11.6 Å². The third-order valence-electron chi connectivity index (χ3n) is 3.98. The Bertz CT molecular complexity index is 414. The molecule has 0 aromatic heterocycles. The van der Waals surface area contributed by atoms with Crippen LogP contribution in [-0.2, 0) is 14.3 Å². The first-order valence-corrected chi connectivity index (χ1v) is 7.63. The Morgan fingerprint density at radius 2 is 2.10 bits per heavy atom. The zero-order valence-electron chi connectivity index (χ0n) is 12.3. The molecule has 2 aliphatic rings. The van der Waals surface area contributed by atoms with Crippen molar-refractivity contribution in [2.75, 3.05) is 26.3 Å². The first-order valence-electron chi connectivity index (χ1n) is 7.63. The van der Waals surface area contributed by atoms with E-state index in [0.29, 0.717) is 19.6 Å². The zero-order valence-corrected chi connectivity index (χ0v) is 12.3. The Labute approximate surface area is 124 Å². The number of aliphatic hydroxyl groups is 1. The van der Waals surface area contributed by atoms with E-state index in [0.717, 1.165) is 19.3 Å². The summed E-state index contributed by atoms with van der Waals surface area (Å²) in [5.41, 5.74) is 0.322. The van der Waals surface area contributed by atoms with Crippen LogP contribution in [0.15, 0.2) is 11.6 Å². The largest absolute Gasteiger partial charge is 0.386 e. The first-order chi connectivity index (χ1) is 10.1. The quantitative estimate of drug-likeness (QED) is 0.502. The van der Waals surface area contributed by atoms with Gasteiger partial charge in [-0.3, -0.25) is 9.59 Å². The van der Waals surface area contributed by atoms with Crippen molar-refractivity contribution in [1.82, 2.24) is 10.6 Å². The topological polar surface area (TPSA) is 87.7 Å². The van der Waals surface area contributed by atoms with E-state index >= 15 is 0 Å². The van der Waals surface area contributed by atoms with E-state index in [1.807, 2.05) is 0 Å². The third-order valence-corrected chi connectivity index (χ3v) is 3.98. The smallest absolute Gasteiger partial charge is 0.309 e. The molecule has 0 radical (unpaired) electrons. The molecule has 118 valence electrons. The maximum atomic E-state index is 11.6. The number of hydrogen-bond donors (Lipinski definition) is 3. The fourth-order valence-electron chi connectivity index (χ4n) is 2.61. The van der Waals surface area contributed by atoms with Crippen LogP contribution in [0.25, 0.3) is 0 Å². The van der Waals surface area contributed by atoms with Crippen LogP contribution in [0.2, 0.25) is 0 Å². The van der Waals surface area contributed by atoms with Crippen molar-refractivity contribution in [2.45, 2.75) is 44.1 Å². The summed E-state index contributed by atoms with van der Waals surface area (Å²) in [4.78, 5) is 23.3. The van der Waals surface area contributed by atoms with Gasteiger partial charge in [-0.2, -0.15) is 0 Å². The number of allylic oxidation sites excluding steroid dienone is 1. The Hall–Kier alpha value is -1.40. The summed E-state index contributed by atoms with van der Waals surface area (Å²) in [7, 11) is 0. The normalized spacial score (nSPS) is 25.3. The Morgan fingerprint density at radius 3 is 2.76 bits per heavy atom. The molecule has 1 aliphatic heterocycles. The molecular weight excluding hydrogens is 272 g/mol. The van der Waals surface area contributed by atoms with Crippen molar-refractivity contribution >= 4 is 11.8 Å². The summed E-state index contributed by atoms with van der Waals surface area (Å²) in [5.74, 6) is -1.35. The molecule has 2 rings (SSSR count). The Kier molecular flexibility index (Phi) is 5.76. The van der Waals surface area contributed by atoms with Crippen LogP contribution >= 0.6 is 0 Å². The molecular formula is C15H24N2O4. The van der Waals surface area contributed by atoms with E-state index in [1.165, 1.54) is 18.4 Å². The lowest BCUT2D eigenvalue weighted by Crippen LogP contribution is -2.48. The molecule has 0 aromatic carbocycles. The van der Waals surface area contributed by atoms with Crippen LogP contribution in [0.3, 0.4) is 0 Å². The van der Waals surface area contributed by atoms with Crippen LogP contribution in [-0.4, -0.2) is 48.8 Å². The minimum Gasteiger partial charge on any atom is -0.386 e. The zero-order chi connectivity index (χ0) is 15.1. The summed E-state index contributed by atoms with van der Waals surface area (Å²) < 4.78 is 5.08. The highest BCUT2D eigenvalue weighted by molar-refractivity contribution is 6.35. The molecule has 1 aliphatic carbocycles. The molecule has 21 heavy (non-hydrogen) atoms. The Balaban J connectivity index is 1.63. The molecule has 1 fully saturated rings. The average Bonchev–Trinajstić information content (AvgIpc) is 2.93. The fourth-order valence-corrected chi connectivity index (χ4v) is 2.61. The average molecular weight is 296 g/mol. The number of nitrogens with one attached hydrogen (secondary N) is 2. The third kappa shape index (κ3) is 5.13. The summed E-state index contributed by atoms with van der Waals surface area (Å²) in [6, 6.07) is 0. The molecule has 2 amide bonds. The van der Waals surface area contributed by atoms with Gasteiger partial charge in [-0.05, 0) is 32.1 Å². The maximum absolute atomic E-state index is 11.6. The molecule has 0 unspecified atom stereocenters. The molecule has 0 aromatic rings. The summed E-state index contributed by atoms with van der Waals surface area (Å²) in [6.45, 7) is 1.20. The predicted octanol–water partition coefficient (Wildman–Crippen LogP) is 0.261. The van der Waals surface area contributed by atoms with Crippen LogP contribution in [0.1, 0.15) is 38.5 Å². The standard InChI is InChI=1S/C15H24N2O4/c18-13(16-8-6-12-4-2-1-3-5-12)14(19)17-10-15(20)7-9-21-11-15/h4,20H,1-3,5-11H2,(H,16,18)(H,17,19)/t15-/m1/s1. The van der Waals surface area contributed by atoms with Crippen molar-refractivity contribution in [3.8, 4) is 0 Å². The SMILES string of the molecule is O=C(NCCC1=CCCCC1)C(=O)NC[C@]1(O)CCOC1. The van der Waals surface area contributed by atoms with Crippen molar-refractivity contribution in [2.24, 2.45) is 0 Å². The highest BCUT2D eigenvalue weighted by Crippen LogP contribution is 2.19. The van der Waals surface area contributed by atoms with Gasteiger partial charge in [0.25, 0.3) is 0 Å². The van der Waals surface area contributed by atoms with E-state index in [-0.39, 0.29) is 13.2 Å². The van der Waals surface area contributed by atoms with Crippen molar-refractivity contribution in [3.63, 3.8) is 0 Å². The lowest BCUT2D eigenvalue weighted by atomic mass is 9.97. The summed E-state index contributed by atoms with van der Waals surface area (Å²) in [5, 5.41) is 15.1. The number of carbonyl (C=O) groups is 2. The van der Waals surface area contributed by atoms with E-state index in [4.69, 9.17) is 4.74 Å². The molecule has 0 saturated carbocycles. The van der Waals surface area contributed by atoms with Crippen molar-refractivity contribution in [3.05, 3.63) is 11.6 Å². The number of rotatable bonds is 5. The highest BCUT2D eigenvalue weighted by atomic mass is 16.5. The Morgan fingerprint density at radius 1 is 1.29 bits per heavy atom. The lowest BCUT2D eigenvalue weighted by Gasteiger charge is -2.20. The minimum absolute atomic E-state index is 0.0460. The maximum Gasteiger partial charge on any atom is 0.309 e. The second-order valence-corrected chi connectivity index (χ2v) is 5.82. The van der Waals surface area contributed by atoms with Gasteiger partial charge in [-0.15, -0.1) is 0 Å². The fraction of sp³-hybridized carbons (Fsp3) is 0.733. The monoisotopic (exact) mass is 296 g/mol. The van der Waals surface area contributed by atoms with E-state index in [1.54, 1.807) is 0 Å². The van der Waals surface area contributed by atoms with Gasteiger partial charge in [0.2, 0.25) is 0 Å². The lowest BCUT2D eigenvalue weighted by molar-refractivity contribution is -0.139. The van der Waals surface area contributed by atoms with Crippen molar-refractivity contribution < 1.29 is 19.4 Å². The van der Waals surface area contributed by atoms with Gasteiger partial charge in [0.05, 0.1) is 6.61 Å². The first kappa shape index (κ1) is 16.0. The predicted molar refractivity (Wildman–Crippen MR) is 77.6 cm³/mol. The van der Waals surface area contributed by atoms with E-state index in [2.05, 4.69) is 16.7 Å². The second kappa shape index (κ2) is 7.56. The highest BCUT2D eigenvalue weighted by Gasteiger charge is 2.33. The van der Waals surface area contributed by atoms with Crippen molar-refractivity contribution in [1.29, 1.82) is 0 Å². The molecule has 1 saturated heterocycles. The van der Waals surface area contributed by atoms with Gasteiger partial charge in [-0.25, -0.2) is 0 Å². The molecule has 1 atom stereocenters. The minimum atomic E-state index is -1.04. The van der Waals surface area contributed by atoms with Gasteiger partial charge in [0.15, 0.2) is 0 Å². The summed E-state index contributed by atoms with van der Waals surface area (Å²) >= 11 is 0. The number of ether oxygens (including phenoxy) is 1. The van der Waals surface area contributed by atoms with Crippen LogP contribution in [0.4, 0.5) is 0 Å². The van der Waals surface area contributed by atoms with Gasteiger partial charge in [0, 0.05) is 26.1 Å². The van der Waals surface area contributed by atoms with Gasteiger partial charge in [0.1, 0.15) is 5.60 Å². The molecule has 1 heterocycles. The molecule has 0 spiro atoms. The van der Waals surface area contributed by atoms with Gasteiger partial charge < -0.3 is 20.5 Å². The molecule has 3 N–H and O–H groups in total. The number of amides is 2. The number of carbonyl (C=O) groups excluding carboxylic acids is 2. The molecule has 6 heteroatoms. The van der Waals surface area contributed by atoms with Crippen LogP contribution < -0.4 is 10.6 Å². The number of hydrogen-bond acceptors (Lipinski definition) is 4. The van der Waals surface area contributed by atoms with E-state index < -0.39 is 17.4 Å². The van der Waals surface area contributed by atoms with E-state index in [9.17, 15) is 14.7 Å². The van der Waals surface area contributed by atoms with Gasteiger partial charge >= 0.3 is 11.8 Å². The summed E-state index contributed by atoms with van der Waals surface area (Å²) in [6.07, 6.45) is 8.16. The second-order valence-electron chi connectivity index (χ2n) is 5.82. The van der Waals surface area contributed by atoms with Crippen LogP contribution in [0.5, 0.6) is 0 Å².